The molecular formula is C14H15ClN2O2S. The van der Waals surface area contributed by atoms with Crippen molar-refractivity contribution in [2.75, 3.05) is 5.32 Å². The van der Waals surface area contributed by atoms with Gasteiger partial charge in [0.2, 0.25) is 0 Å². The standard InChI is InChI=1S/C14H15ClN2O2S/c1-8-6-11(4-5-12(8)15)19-10(3)13(18)17-14-16-7-9(2)20-14/h4-7,10H,1-3H3,(H,16,17,18). The Morgan fingerprint density at radius 3 is 2.80 bits per heavy atom. The van der Waals surface area contributed by atoms with Crippen molar-refractivity contribution in [3.63, 3.8) is 0 Å². The average Bonchev–Trinajstić information content (AvgIpc) is 2.79. The Kier molecular flexibility index (Phi) is 4.62. The first kappa shape index (κ1) is 14.8. The average molecular weight is 311 g/mol. The number of nitrogens with one attached hydrogen (secondary N) is 1. The molecule has 4 nitrogen and oxygen atoms in total. The topological polar surface area (TPSA) is 51.2 Å². The Morgan fingerprint density at radius 1 is 1.45 bits per heavy atom. The molecule has 0 radical (unpaired) electrons. The minimum Gasteiger partial charge on any atom is -0.481 e. The number of amides is 1. The molecule has 1 unspecified atom stereocenters. The Morgan fingerprint density at radius 2 is 2.20 bits per heavy atom. The molecule has 1 heterocycles. The highest BCUT2D eigenvalue weighted by Crippen LogP contribution is 2.22. The normalized spacial score (nSPS) is 12.0. The van der Waals surface area contributed by atoms with Gasteiger partial charge in [0.25, 0.3) is 5.91 Å². The van der Waals surface area contributed by atoms with Gasteiger partial charge in [-0.05, 0) is 44.5 Å². The summed E-state index contributed by atoms with van der Waals surface area (Å²) in [6.07, 6.45) is 1.11. The maximum absolute atomic E-state index is 12.0. The highest BCUT2D eigenvalue weighted by atomic mass is 35.5. The number of halogens is 1. The summed E-state index contributed by atoms with van der Waals surface area (Å²) >= 11 is 7.38. The van der Waals surface area contributed by atoms with Crippen LogP contribution >= 0.6 is 22.9 Å². The number of nitrogens with zero attached hydrogens (tertiary/aromatic N) is 1. The number of hydrogen-bond donors (Lipinski definition) is 1. The molecule has 6 heteroatoms. The van der Waals surface area contributed by atoms with E-state index in [1.807, 2.05) is 13.8 Å². The van der Waals surface area contributed by atoms with Crippen LogP contribution in [0.25, 0.3) is 0 Å². The van der Waals surface area contributed by atoms with E-state index >= 15 is 0 Å². The lowest BCUT2D eigenvalue weighted by molar-refractivity contribution is -0.122. The Hall–Kier alpha value is -1.59. The smallest absolute Gasteiger partial charge is 0.266 e. The quantitative estimate of drug-likeness (QED) is 0.934. The summed E-state index contributed by atoms with van der Waals surface area (Å²) in [4.78, 5) is 17.1. The molecule has 1 atom stereocenters. The molecule has 1 amide bonds. The van der Waals surface area contributed by atoms with E-state index in [9.17, 15) is 4.79 Å². The maximum Gasteiger partial charge on any atom is 0.266 e. The van der Waals surface area contributed by atoms with Crippen LogP contribution in [0.2, 0.25) is 5.02 Å². The van der Waals surface area contributed by atoms with Crippen molar-refractivity contribution in [3.8, 4) is 5.75 Å². The van der Waals surface area contributed by atoms with Gasteiger partial charge in [0.15, 0.2) is 11.2 Å². The van der Waals surface area contributed by atoms with E-state index in [1.165, 1.54) is 11.3 Å². The Labute approximate surface area is 126 Å². The van der Waals surface area contributed by atoms with Gasteiger partial charge in [-0.1, -0.05) is 11.6 Å². The molecule has 2 rings (SSSR count). The van der Waals surface area contributed by atoms with Crippen LogP contribution < -0.4 is 10.1 Å². The number of thiazole rings is 1. The van der Waals surface area contributed by atoms with Crippen LogP contribution in [-0.4, -0.2) is 17.0 Å². The van der Waals surface area contributed by atoms with Crippen LogP contribution in [-0.2, 0) is 4.79 Å². The van der Waals surface area contributed by atoms with E-state index in [-0.39, 0.29) is 5.91 Å². The summed E-state index contributed by atoms with van der Waals surface area (Å²) in [7, 11) is 0. The van der Waals surface area contributed by atoms with Gasteiger partial charge in [0.1, 0.15) is 5.75 Å². The number of anilines is 1. The van der Waals surface area contributed by atoms with Gasteiger partial charge in [-0.15, -0.1) is 11.3 Å². The van der Waals surface area contributed by atoms with Crippen LogP contribution in [0.1, 0.15) is 17.4 Å². The van der Waals surface area contributed by atoms with E-state index in [4.69, 9.17) is 16.3 Å². The number of aryl methyl sites for hydroxylation is 2. The molecule has 0 aliphatic heterocycles. The number of benzene rings is 1. The molecule has 0 spiro atoms. The third-order valence-corrected chi connectivity index (χ3v) is 3.92. The number of aromatic nitrogens is 1. The van der Waals surface area contributed by atoms with Crippen LogP contribution in [0, 0.1) is 13.8 Å². The maximum atomic E-state index is 12.0. The number of rotatable bonds is 4. The molecular weight excluding hydrogens is 296 g/mol. The fourth-order valence-electron chi connectivity index (χ4n) is 1.57. The highest BCUT2D eigenvalue weighted by Gasteiger charge is 2.16. The highest BCUT2D eigenvalue weighted by molar-refractivity contribution is 7.15. The van der Waals surface area contributed by atoms with Gasteiger partial charge < -0.3 is 4.74 Å². The van der Waals surface area contributed by atoms with Crippen LogP contribution in [0.3, 0.4) is 0 Å². The fraction of sp³-hybridized carbons (Fsp3) is 0.286. The first-order chi connectivity index (χ1) is 9.45. The molecule has 1 aromatic heterocycles. The van der Waals surface area contributed by atoms with Crippen molar-refractivity contribution in [1.29, 1.82) is 0 Å². The fourth-order valence-corrected chi connectivity index (χ4v) is 2.35. The van der Waals surface area contributed by atoms with Gasteiger partial charge in [0.05, 0.1) is 0 Å². The largest absolute Gasteiger partial charge is 0.481 e. The van der Waals surface area contributed by atoms with E-state index in [0.717, 1.165) is 10.4 Å². The first-order valence-corrected chi connectivity index (χ1v) is 7.31. The first-order valence-electron chi connectivity index (χ1n) is 6.12. The molecule has 0 aliphatic rings. The minimum atomic E-state index is -0.611. The lowest BCUT2D eigenvalue weighted by atomic mass is 10.2. The zero-order chi connectivity index (χ0) is 14.7. The third-order valence-electron chi connectivity index (χ3n) is 2.66. The van der Waals surface area contributed by atoms with Gasteiger partial charge in [-0.25, -0.2) is 4.98 Å². The lowest BCUT2D eigenvalue weighted by Gasteiger charge is -2.14. The minimum absolute atomic E-state index is 0.230. The van der Waals surface area contributed by atoms with Gasteiger partial charge in [0, 0.05) is 16.1 Å². The summed E-state index contributed by atoms with van der Waals surface area (Å²) in [6.45, 7) is 5.52. The summed E-state index contributed by atoms with van der Waals surface area (Å²) < 4.78 is 5.60. The Balaban J connectivity index is 1.98. The zero-order valence-corrected chi connectivity index (χ0v) is 13.0. The van der Waals surface area contributed by atoms with Crippen LogP contribution in [0.5, 0.6) is 5.75 Å². The number of carbonyl (C=O) groups is 1. The van der Waals surface area contributed by atoms with Crippen LogP contribution in [0.4, 0.5) is 5.13 Å². The van der Waals surface area contributed by atoms with Crippen molar-refractivity contribution in [2.45, 2.75) is 26.9 Å². The predicted octanol–water partition coefficient (Wildman–Crippen LogP) is 3.82. The second kappa shape index (κ2) is 6.24. The molecule has 20 heavy (non-hydrogen) atoms. The molecule has 0 aliphatic carbocycles. The van der Waals surface area contributed by atoms with E-state index in [0.29, 0.717) is 15.9 Å². The van der Waals surface area contributed by atoms with Gasteiger partial charge in [-0.2, -0.15) is 0 Å². The number of hydrogen-bond acceptors (Lipinski definition) is 4. The van der Waals surface area contributed by atoms with E-state index in [2.05, 4.69) is 10.3 Å². The van der Waals surface area contributed by atoms with Crippen LogP contribution in [0.15, 0.2) is 24.4 Å². The monoisotopic (exact) mass is 310 g/mol. The third kappa shape index (κ3) is 3.71. The number of carbonyl (C=O) groups excluding carboxylic acids is 1. The van der Waals surface area contributed by atoms with E-state index < -0.39 is 6.10 Å². The summed E-state index contributed by atoms with van der Waals surface area (Å²) in [6, 6.07) is 5.30. The van der Waals surface area contributed by atoms with Gasteiger partial charge >= 0.3 is 0 Å². The van der Waals surface area contributed by atoms with Crippen molar-refractivity contribution < 1.29 is 9.53 Å². The Bertz CT molecular complexity index is 627. The molecule has 0 saturated heterocycles. The van der Waals surface area contributed by atoms with Crippen molar-refractivity contribution in [3.05, 3.63) is 39.9 Å². The molecule has 0 fully saturated rings. The second-order valence-electron chi connectivity index (χ2n) is 4.44. The summed E-state index contributed by atoms with van der Waals surface area (Å²) in [5, 5.41) is 3.98. The summed E-state index contributed by atoms with van der Waals surface area (Å²) in [5.41, 5.74) is 0.910. The lowest BCUT2D eigenvalue weighted by Crippen LogP contribution is -2.30. The molecule has 106 valence electrons. The zero-order valence-electron chi connectivity index (χ0n) is 11.4. The second-order valence-corrected chi connectivity index (χ2v) is 6.08. The van der Waals surface area contributed by atoms with E-state index in [1.54, 1.807) is 31.3 Å². The summed E-state index contributed by atoms with van der Waals surface area (Å²) in [5.74, 6) is 0.386. The number of ether oxygens (including phenoxy) is 1. The van der Waals surface area contributed by atoms with Gasteiger partial charge in [-0.3, -0.25) is 10.1 Å². The molecule has 1 N–H and O–H groups in total. The van der Waals surface area contributed by atoms with Crippen molar-refractivity contribution in [1.82, 2.24) is 4.98 Å². The molecule has 2 aromatic rings. The molecule has 1 aromatic carbocycles. The molecule has 0 saturated carbocycles. The predicted molar refractivity (Wildman–Crippen MR) is 81.8 cm³/mol. The van der Waals surface area contributed by atoms with Crippen molar-refractivity contribution >= 4 is 34.0 Å². The SMILES string of the molecule is Cc1cnc(NC(=O)C(C)Oc2ccc(Cl)c(C)c2)s1. The van der Waals surface area contributed by atoms with Crippen molar-refractivity contribution in [2.24, 2.45) is 0 Å². The molecule has 0 bridgehead atoms.